The number of fused-ring (bicyclic) bond motifs is 1. The third kappa shape index (κ3) is 6.32. The van der Waals surface area contributed by atoms with E-state index in [1.807, 2.05) is 0 Å². The highest BCUT2D eigenvalue weighted by molar-refractivity contribution is 5.88. The Labute approximate surface area is 225 Å². The van der Waals surface area contributed by atoms with Gasteiger partial charge in [0.05, 0.1) is 0 Å². The van der Waals surface area contributed by atoms with Crippen molar-refractivity contribution >= 4 is 11.9 Å². The molecule has 0 spiro atoms. The van der Waals surface area contributed by atoms with Crippen molar-refractivity contribution in [2.75, 3.05) is 0 Å². The zero-order chi connectivity index (χ0) is 26.7. The van der Waals surface area contributed by atoms with Crippen LogP contribution in [-0.4, -0.2) is 24.0 Å². The van der Waals surface area contributed by atoms with Crippen molar-refractivity contribution in [2.45, 2.75) is 111 Å². The highest BCUT2D eigenvalue weighted by Crippen LogP contribution is 2.59. The van der Waals surface area contributed by atoms with E-state index in [2.05, 4.69) is 70.8 Å². The highest BCUT2D eigenvalue weighted by Gasteiger charge is 2.50. The number of hydrogen-bond acceptors (Lipinski definition) is 3. The van der Waals surface area contributed by atoms with Gasteiger partial charge >= 0.3 is 5.97 Å². The average molecular weight is 508 g/mol. The summed E-state index contributed by atoms with van der Waals surface area (Å²) >= 11 is 0. The summed E-state index contributed by atoms with van der Waals surface area (Å²) in [5.74, 6) is 3.00. The molecule has 37 heavy (non-hydrogen) atoms. The van der Waals surface area contributed by atoms with Gasteiger partial charge in [0.2, 0.25) is 5.91 Å². The Bertz CT molecular complexity index is 972. The fraction of sp³-hybridized carbons (Fsp3) is 0.697. The number of esters is 1. The van der Waals surface area contributed by atoms with Crippen LogP contribution in [0.15, 0.2) is 47.6 Å². The summed E-state index contributed by atoms with van der Waals surface area (Å²) in [5, 5.41) is 2.73. The number of allylic oxidation sites excluding steroid dienone is 6. The Kier molecular flexibility index (Phi) is 8.86. The Hall–Kier alpha value is -2.10. The molecule has 4 heteroatoms. The third-order valence-electron chi connectivity index (χ3n) is 10.2. The fourth-order valence-corrected chi connectivity index (χ4v) is 7.37. The number of ether oxygens (including phenoxy) is 1. The Morgan fingerprint density at radius 1 is 1.05 bits per heavy atom. The second kappa shape index (κ2) is 11.7. The van der Waals surface area contributed by atoms with E-state index in [0.717, 1.165) is 25.2 Å². The molecular weight excluding hydrogens is 458 g/mol. The molecule has 204 valence electrons. The molecule has 3 saturated carbocycles. The number of nitrogens with one attached hydrogen (secondary N) is 1. The summed E-state index contributed by atoms with van der Waals surface area (Å²) < 4.78 is 5.81. The summed E-state index contributed by atoms with van der Waals surface area (Å²) in [6, 6.07) is -0.478. The van der Waals surface area contributed by atoms with Crippen molar-refractivity contribution in [3.05, 3.63) is 47.6 Å². The first kappa shape index (κ1) is 27.9. The van der Waals surface area contributed by atoms with Crippen molar-refractivity contribution in [1.29, 1.82) is 0 Å². The lowest BCUT2D eigenvalue weighted by molar-refractivity contribution is -0.152. The minimum absolute atomic E-state index is 0.0599. The van der Waals surface area contributed by atoms with Crippen LogP contribution in [0.4, 0.5) is 0 Å². The van der Waals surface area contributed by atoms with E-state index in [1.54, 1.807) is 5.57 Å². The van der Waals surface area contributed by atoms with E-state index in [0.29, 0.717) is 41.9 Å². The molecule has 3 aliphatic carbocycles. The van der Waals surface area contributed by atoms with Crippen molar-refractivity contribution in [1.82, 2.24) is 5.32 Å². The third-order valence-corrected chi connectivity index (χ3v) is 10.2. The van der Waals surface area contributed by atoms with Gasteiger partial charge in [-0.15, -0.1) is 0 Å². The first-order valence-electron chi connectivity index (χ1n) is 14.8. The Morgan fingerprint density at radius 3 is 2.54 bits per heavy atom. The molecule has 4 aliphatic rings. The molecule has 0 bridgehead atoms. The van der Waals surface area contributed by atoms with Gasteiger partial charge in [-0.3, -0.25) is 4.79 Å². The van der Waals surface area contributed by atoms with Crippen LogP contribution in [0.2, 0.25) is 0 Å². The molecule has 1 saturated heterocycles. The summed E-state index contributed by atoms with van der Waals surface area (Å²) in [5.41, 5.74) is 4.36. The number of carbonyl (C=O) groups excluding carboxylic acids is 2. The molecular formula is C33H49NO3. The quantitative estimate of drug-likeness (QED) is 0.287. The number of amides is 1. The predicted molar refractivity (Wildman–Crippen MR) is 151 cm³/mol. The molecule has 0 aromatic carbocycles. The van der Waals surface area contributed by atoms with E-state index >= 15 is 0 Å². The summed E-state index contributed by atoms with van der Waals surface area (Å²) in [4.78, 5) is 24.0. The summed E-state index contributed by atoms with van der Waals surface area (Å²) in [6.07, 6.45) is 19.2. The predicted octanol–water partition coefficient (Wildman–Crippen LogP) is 7.47. The average Bonchev–Trinajstić information content (AvgIpc) is 3.45. The first-order valence-corrected chi connectivity index (χ1v) is 14.8. The van der Waals surface area contributed by atoms with Gasteiger partial charge in [0.15, 0.2) is 0 Å². The molecule has 7 atom stereocenters. The SMILES string of the molecule is C=C1CC[C@@H](OC(=O)[C@@H]2CCC(=O)N2)CC1=CC=C1CCC[C@@]2(C)C1CC[C@@H]2[C@H](C)C=C[C@H](C)C(C)C. The van der Waals surface area contributed by atoms with Crippen LogP contribution in [0.3, 0.4) is 0 Å². The van der Waals surface area contributed by atoms with Crippen LogP contribution >= 0.6 is 0 Å². The molecule has 1 N–H and O–H groups in total. The van der Waals surface area contributed by atoms with E-state index in [-0.39, 0.29) is 18.0 Å². The maximum absolute atomic E-state index is 12.5. The second-order valence-electron chi connectivity index (χ2n) is 12.9. The van der Waals surface area contributed by atoms with Crippen LogP contribution in [0, 0.1) is 35.0 Å². The van der Waals surface area contributed by atoms with Crippen LogP contribution in [0.25, 0.3) is 0 Å². The Morgan fingerprint density at radius 2 is 1.84 bits per heavy atom. The van der Waals surface area contributed by atoms with Gasteiger partial charge in [0.25, 0.3) is 0 Å². The topological polar surface area (TPSA) is 55.4 Å². The molecule has 4 fully saturated rings. The van der Waals surface area contributed by atoms with E-state index in [4.69, 9.17) is 4.74 Å². The van der Waals surface area contributed by atoms with Crippen LogP contribution in [0.5, 0.6) is 0 Å². The first-order chi connectivity index (χ1) is 17.6. The molecule has 0 radical (unpaired) electrons. The zero-order valence-electron chi connectivity index (χ0n) is 23.9. The van der Waals surface area contributed by atoms with Gasteiger partial charge in [-0.05, 0) is 91.9 Å². The van der Waals surface area contributed by atoms with Gasteiger partial charge in [0, 0.05) is 12.8 Å². The zero-order valence-corrected chi connectivity index (χ0v) is 23.9. The molecule has 0 aromatic heterocycles. The number of carbonyl (C=O) groups is 2. The molecule has 1 aliphatic heterocycles. The van der Waals surface area contributed by atoms with Gasteiger partial charge in [-0.2, -0.15) is 0 Å². The van der Waals surface area contributed by atoms with E-state index in [1.165, 1.54) is 43.3 Å². The van der Waals surface area contributed by atoms with Gasteiger partial charge < -0.3 is 10.1 Å². The summed E-state index contributed by atoms with van der Waals surface area (Å²) in [6.45, 7) is 16.3. The molecule has 1 amide bonds. The molecule has 1 unspecified atom stereocenters. The maximum atomic E-state index is 12.5. The standard InChI is InChI=1S/C33H49NO3/c1-21(2)22(3)9-10-24(5)28-15-16-29-25(8-7-19-33(28,29)6)12-13-26-20-27(14-11-23(26)4)37-32(36)30-17-18-31(35)34-30/h9-10,12-13,21-22,24,27-30H,4,7-8,11,14-20H2,1-3,5-6H3,(H,34,35)/t22-,24+,27+,28+,29?,30-,33+/m0/s1. The molecule has 4 nitrogen and oxygen atoms in total. The number of hydrogen-bond donors (Lipinski definition) is 1. The van der Waals surface area contributed by atoms with Crippen molar-refractivity contribution in [3.8, 4) is 0 Å². The minimum atomic E-state index is -0.478. The van der Waals surface area contributed by atoms with Crippen molar-refractivity contribution in [3.63, 3.8) is 0 Å². The lowest BCUT2D eigenvalue weighted by atomic mass is 9.61. The normalized spacial score (nSPS) is 36.3. The number of rotatable bonds is 7. The summed E-state index contributed by atoms with van der Waals surface area (Å²) in [7, 11) is 0. The lowest BCUT2D eigenvalue weighted by Gasteiger charge is -2.44. The van der Waals surface area contributed by atoms with Crippen LogP contribution in [0.1, 0.15) is 98.8 Å². The second-order valence-corrected chi connectivity index (χ2v) is 12.9. The fourth-order valence-electron chi connectivity index (χ4n) is 7.37. The minimum Gasteiger partial charge on any atom is -0.460 e. The van der Waals surface area contributed by atoms with Gasteiger partial charge in [-0.1, -0.05) is 76.6 Å². The lowest BCUT2D eigenvalue weighted by Crippen LogP contribution is -2.37. The van der Waals surface area contributed by atoms with E-state index in [9.17, 15) is 9.59 Å². The maximum Gasteiger partial charge on any atom is 0.328 e. The van der Waals surface area contributed by atoms with Gasteiger partial charge in [-0.25, -0.2) is 4.79 Å². The van der Waals surface area contributed by atoms with Crippen LogP contribution in [-0.2, 0) is 14.3 Å². The van der Waals surface area contributed by atoms with Crippen molar-refractivity contribution < 1.29 is 14.3 Å². The smallest absolute Gasteiger partial charge is 0.328 e. The molecule has 4 rings (SSSR count). The van der Waals surface area contributed by atoms with Crippen LogP contribution < -0.4 is 5.32 Å². The molecule has 0 aromatic rings. The largest absolute Gasteiger partial charge is 0.460 e. The monoisotopic (exact) mass is 507 g/mol. The highest BCUT2D eigenvalue weighted by atomic mass is 16.5. The van der Waals surface area contributed by atoms with E-state index < -0.39 is 6.04 Å². The van der Waals surface area contributed by atoms with Gasteiger partial charge in [0.1, 0.15) is 12.1 Å². The van der Waals surface area contributed by atoms with Crippen molar-refractivity contribution in [2.24, 2.45) is 35.0 Å². The Balaban J connectivity index is 1.42. The molecule has 1 heterocycles.